The molecule has 0 bridgehead atoms. The zero-order valence-electron chi connectivity index (χ0n) is 26.5. The Morgan fingerprint density at radius 3 is 1.93 bits per heavy atom. The van der Waals surface area contributed by atoms with E-state index in [0.717, 1.165) is 13.1 Å². The monoisotopic (exact) mass is 680 g/mol. The number of carbonyl (C=O) groups excluding carboxylic acids is 1. The first-order valence-corrected chi connectivity index (χ1v) is 15.5. The van der Waals surface area contributed by atoms with Crippen LogP contribution in [0.4, 0.5) is 11.6 Å². The second-order valence-electron chi connectivity index (χ2n) is 11.9. The van der Waals surface area contributed by atoms with Crippen molar-refractivity contribution in [3.63, 3.8) is 0 Å². The first kappa shape index (κ1) is 33.9. The van der Waals surface area contributed by atoms with Gasteiger partial charge in [-0.1, -0.05) is 0 Å². The van der Waals surface area contributed by atoms with Crippen LogP contribution in [-0.4, -0.2) is 115 Å². The Bertz CT molecular complexity index is 1710. The molecule has 16 nitrogen and oxygen atoms in total. The van der Waals surface area contributed by atoms with E-state index in [-0.39, 0.29) is 16.4 Å². The van der Waals surface area contributed by atoms with Crippen molar-refractivity contribution in [1.29, 1.82) is 0 Å². The highest BCUT2D eigenvalue weighted by atomic mass is 35.5. The molecule has 0 spiro atoms. The molecule has 1 atom stereocenters. The largest absolute Gasteiger partial charge is 0.467 e. The van der Waals surface area contributed by atoms with Crippen molar-refractivity contribution in [2.24, 2.45) is 0 Å². The van der Waals surface area contributed by atoms with E-state index in [2.05, 4.69) is 39.8 Å². The van der Waals surface area contributed by atoms with E-state index in [1.165, 1.54) is 7.11 Å². The molecule has 1 unspecified atom stereocenters. The summed E-state index contributed by atoms with van der Waals surface area (Å²) in [5.41, 5.74) is -0.379. The number of imidazole rings is 2. The van der Waals surface area contributed by atoms with Crippen LogP contribution in [0.3, 0.4) is 0 Å². The van der Waals surface area contributed by atoms with Crippen molar-refractivity contribution in [2.45, 2.75) is 51.9 Å². The van der Waals surface area contributed by atoms with Crippen LogP contribution in [0.5, 0.6) is 0 Å². The van der Waals surface area contributed by atoms with Gasteiger partial charge in [-0.3, -0.25) is 4.57 Å². The van der Waals surface area contributed by atoms with Crippen LogP contribution >= 0.6 is 23.2 Å². The summed E-state index contributed by atoms with van der Waals surface area (Å²) in [7, 11) is 1.31. The number of nitrogens with zero attached hydrogens (tertiary/aromatic N) is 9. The first-order valence-electron chi connectivity index (χ1n) is 14.8. The molecule has 2 aliphatic heterocycles. The molecule has 3 N–H and O–H groups in total. The number of ether oxygens (including phenoxy) is 3. The summed E-state index contributed by atoms with van der Waals surface area (Å²) in [4.78, 5) is 45.2. The summed E-state index contributed by atoms with van der Waals surface area (Å²) in [6, 6.07) is -0.741. The molecular formula is C28H38Cl2N10O6. The molecule has 46 heavy (non-hydrogen) atoms. The summed E-state index contributed by atoms with van der Waals surface area (Å²) >= 11 is 12.1. The van der Waals surface area contributed by atoms with E-state index in [4.69, 9.17) is 37.4 Å². The number of H-pyrrole nitrogens is 1. The highest BCUT2D eigenvalue weighted by Gasteiger charge is 2.33. The van der Waals surface area contributed by atoms with Gasteiger partial charge in [0.2, 0.25) is 10.6 Å². The fraction of sp³-hybridized carbons (Fsp3) is 0.607. The van der Waals surface area contributed by atoms with Gasteiger partial charge in [0, 0.05) is 26.2 Å². The number of morpholine rings is 2. The minimum Gasteiger partial charge on any atom is -0.467 e. The molecule has 2 fully saturated rings. The fourth-order valence-corrected chi connectivity index (χ4v) is 5.47. The Labute approximate surface area is 275 Å². The minimum absolute atomic E-state index is 0.0412. The molecule has 0 aliphatic carbocycles. The van der Waals surface area contributed by atoms with Gasteiger partial charge in [-0.2, -0.15) is 19.9 Å². The number of esters is 1. The van der Waals surface area contributed by atoms with Crippen molar-refractivity contribution < 1.29 is 29.2 Å². The maximum absolute atomic E-state index is 12.1. The number of rotatable bonds is 6. The number of methoxy groups -OCH3 is 1. The number of aliphatic hydroxyl groups is 2. The molecule has 0 radical (unpaired) electrons. The minimum atomic E-state index is -1.31. The smallest absolute Gasteiger partial charge is 0.328 e. The van der Waals surface area contributed by atoms with Crippen LogP contribution in [0, 0.1) is 0 Å². The molecule has 4 aromatic rings. The Balaban J connectivity index is 0.000000187. The predicted octanol–water partition coefficient (Wildman–Crippen LogP) is 2.35. The van der Waals surface area contributed by atoms with Gasteiger partial charge in [-0.25, -0.2) is 14.8 Å². The van der Waals surface area contributed by atoms with E-state index in [1.807, 2.05) is 4.90 Å². The van der Waals surface area contributed by atoms with Gasteiger partial charge in [0.1, 0.15) is 34.4 Å². The van der Waals surface area contributed by atoms with E-state index >= 15 is 0 Å². The molecule has 0 saturated carbocycles. The second kappa shape index (κ2) is 13.4. The third-order valence-electron chi connectivity index (χ3n) is 7.48. The summed E-state index contributed by atoms with van der Waals surface area (Å²) < 4.78 is 17.1. The number of fused-ring (bicyclic) bond motifs is 2. The topological polar surface area (TPSA) is 190 Å². The molecule has 6 heterocycles. The molecule has 0 amide bonds. The molecule has 6 rings (SSSR count). The van der Waals surface area contributed by atoms with E-state index in [0.29, 0.717) is 79.3 Å². The quantitative estimate of drug-likeness (QED) is 0.199. The van der Waals surface area contributed by atoms with Crippen molar-refractivity contribution in [1.82, 2.24) is 39.5 Å². The van der Waals surface area contributed by atoms with E-state index in [9.17, 15) is 15.0 Å². The van der Waals surface area contributed by atoms with Gasteiger partial charge in [-0.05, 0) is 57.8 Å². The van der Waals surface area contributed by atoms with Gasteiger partial charge in [-0.15, -0.1) is 0 Å². The first-order chi connectivity index (χ1) is 21.7. The zero-order valence-corrected chi connectivity index (χ0v) is 28.1. The molecule has 0 aromatic carbocycles. The number of hydrogen-bond donors (Lipinski definition) is 3. The molecule has 4 aromatic heterocycles. The number of aromatic nitrogens is 8. The van der Waals surface area contributed by atoms with Crippen LogP contribution in [-0.2, 0) is 30.2 Å². The average Bonchev–Trinajstić information content (AvgIpc) is 3.63. The number of aromatic amines is 1. The Morgan fingerprint density at radius 1 is 0.848 bits per heavy atom. The molecule has 250 valence electrons. The summed E-state index contributed by atoms with van der Waals surface area (Å²) in [6.07, 6.45) is 0. The lowest BCUT2D eigenvalue weighted by Crippen LogP contribution is -2.37. The third kappa shape index (κ3) is 7.11. The fourth-order valence-electron chi connectivity index (χ4n) is 5.15. The van der Waals surface area contributed by atoms with E-state index in [1.54, 1.807) is 39.2 Å². The Hall–Kier alpha value is -3.41. The van der Waals surface area contributed by atoms with Gasteiger partial charge < -0.3 is 39.2 Å². The second-order valence-corrected chi connectivity index (χ2v) is 12.6. The van der Waals surface area contributed by atoms with Crippen LogP contribution in [0.25, 0.3) is 22.3 Å². The normalized spacial score (nSPS) is 16.8. The van der Waals surface area contributed by atoms with Gasteiger partial charge in [0.05, 0.1) is 33.5 Å². The number of anilines is 2. The third-order valence-corrected chi connectivity index (χ3v) is 7.81. The highest BCUT2D eigenvalue weighted by Crippen LogP contribution is 2.33. The van der Waals surface area contributed by atoms with Crippen molar-refractivity contribution in [2.75, 3.05) is 69.5 Å². The molecule has 18 heteroatoms. The van der Waals surface area contributed by atoms with Crippen LogP contribution in [0.2, 0.25) is 10.6 Å². The van der Waals surface area contributed by atoms with Crippen LogP contribution in [0.15, 0.2) is 0 Å². The number of carbonyl (C=O) groups is 1. The van der Waals surface area contributed by atoms with Crippen LogP contribution in [0.1, 0.15) is 52.3 Å². The van der Waals surface area contributed by atoms with Crippen molar-refractivity contribution in [3.8, 4) is 0 Å². The number of hydrogen-bond acceptors (Lipinski definition) is 14. The summed E-state index contributed by atoms with van der Waals surface area (Å²) in [5.74, 6) is 1.52. The van der Waals surface area contributed by atoms with Crippen LogP contribution < -0.4 is 9.80 Å². The summed E-state index contributed by atoms with van der Waals surface area (Å²) in [5, 5.41) is 20.8. The average molecular weight is 682 g/mol. The number of nitrogens with one attached hydrogen (secondary N) is 1. The Kier molecular flexibility index (Phi) is 9.86. The van der Waals surface area contributed by atoms with Gasteiger partial charge in [0.15, 0.2) is 28.4 Å². The lowest BCUT2D eigenvalue weighted by Gasteiger charge is -2.27. The lowest BCUT2D eigenvalue weighted by molar-refractivity contribution is -0.144. The van der Waals surface area contributed by atoms with Crippen molar-refractivity contribution >= 4 is 63.1 Å². The maximum Gasteiger partial charge on any atom is 0.328 e. The van der Waals surface area contributed by atoms with Gasteiger partial charge >= 0.3 is 5.97 Å². The Morgan fingerprint density at radius 2 is 1.39 bits per heavy atom. The molecular weight excluding hydrogens is 643 g/mol. The molecule has 2 saturated heterocycles. The SMILES string of the molecule is CC(C)(O)c1nc2nc(Cl)nc(N3CCOCC3)c2[nH]1.COC(=O)C(C)n1c(C(C)(C)O)nc2c(N3CCOCC3)nc(Cl)nc21. The standard InChI is InChI=1S/C16H22ClN5O4.C12H16ClN5O2/c1-9(13(23)25-4)22-12-10(18-14(22)16(2,3)24)11(19-15(17)20-12)21-5-7-26-8-6-21;1-12(2,19)10-14-7-8(15-10)16-11(13)17-9(7)18-3-5-20-6-4-18/h9,24H,5-8H2,1-4H3;19H,3-6H2,1-2H3,(H,14,15,16,17). The zero-order chi connectivity index (χ0) is 33.4. The predicted molar refractivity (Wildman–Crippen MR) is 170 cm³/mol. The maximum atomic E-state index is 12.1. The number of halogens is 2. The highest BCUT2D eigenvalue weighted by molar-refractivity contribution is 6.29. The van der Waals surface area contributed by atoms with Gasteiger partial charge in [0.25, 0.3) is 0 Å². The summed E-state index contributed by atoms with van der Waals surface area (Å²) in [6.45, 7) is 13.4. The van der Waals surface area contributed by atoms with E-state index < -0.39 is 23.2 Å². The lowest BCUT2D eigenvalue weighted by atomic mass is 10.1. The molecule has 2 aliphatic rings. The van der Waals surface area contributed by atoms with Crippen molar-refractivity contribution in [3.05, 3.63) is 22.2 Å².